The molecule has 0 aliphatic carbocycles. The molecule has 2 saturated heterocycles. The third-order valence-electron chi connectivity index (χ3n) is 4.76. The maximum atomic E-state index is 12.4. The van der Waals surface area contributed by atoms with Gasteiger partial charge in [-0.25, -0.2) is 23.0 Å². The van der Waals surface area contributed by atoms with Crippen molar-refractivity contribution < 1.29 is 54.6 Å². The maximum Gasteiger partial charge on any atom is 0.490 e. The Bertz CT molecular complexity index is 916. The van der Waals surface area contributed by atoms with Crippen molar-refractivity contribution in [2.45, 2.75) is 30.7 Å². The molecule has 2 aliphatic rings. The van der Waals surface area contributed by atoms with E-state index in [4.69, 9.17) is 19.8 Å². The SMILES string of the molecule is CCN1CCC2(C1)CN(S(=O)(=O)c1cn(C)cn1)C2.O=C(O)C(F)(F)F.O=C(O)C(F)(F)F. The Morgan fingerprint density at radius 1 is 1.06 bits per heavy atom. The number of imidazole rings is 1. The van der Waals surface area contributed by atoms with Crippen LogP contribution in [0.15, 0.2) is 17.6 Å². The van der Waals surface area contributed by atoms with Crippen LogP contribution >= 0.6 is 0 Å². The van der Waals surface area contributed by atoms with Gasteiger partial charge in [0.05, 0.1) is 6.33 Å². The fourth-order valence-electron chi connectivity index (χ4n) is 3.08. The molecule has 1 aromatic heterocycles. The van der Waals surface area contributed by atoms with Gasteiger partial charge in [-0.15, -0.1) is 0 Å². The van der Waals surface area contributed by atoms with Crippen LogP contribution in [0.2, 0.25) is 0 Å². The Labute approximate surface area is 184 Å². The molecule has 0 bridgehead atoms. The maximum absolute atomic E-state index is 12.4. The number of aliphatic carboxylic acids is 2. The summed E-state index contributed by atoms with van der Waals surface area (Å²) in [6.07, 6.45) is -5.97. The first-order valence-corrected chi connectivity index (χ1v) is 10.6. The summed E-state index contributed by atoms with van der Waals surface area (Å²) in [6.45, 7) is 6.60. The first-order chi connectivity index (χ1) is 14.8. The summed E-state index contributed by atoms with van der Waals surface area (Å²) in [6, 6.07) is 0. The number of halogens is 6. The number of hydrogen-bond acceptors (Lipinski definition) is 6. The zero-order chi connectivity index (χ0) is 25.8. The number of rotatable bonds is 3. The number of likely N-dealkylation sites (tertiary alicyclic amines) is 1. The van der Waals surface area contributed by atoms with E-state index in [2.05, 4.69) is 16.8 Å². The molecule has 3 heterocycles. The molecule has 0 unspecified atom stereocenters. The molecule has 2 N–H and O–H groups in total. The van der Waals surface area contributed by atoms with Crippen LogP contribution in [0, 0.1) is 5.41 Å². The molecular formula is C16H22F6N4O6S. The quantitative estimate of drug-likeness (QED) is 0.581. The van der Waals surface area contributed by atoms with Crippen LogP contribution < -0.4 is 0 Å². The van der Waals surface area contributed by atoms with Gasteiger partial charge in [0.15, 0.2) is 5.03 Å². The van der Waals surface area contributed by atoms with E-state index < -0.39 is 34.3 Å². The van der Waals surface area contributed by atoms with Crippen LogP contribution in [-0.2, 0) is 26.7 Å². The average Bonchev–Trinajstić information content (AvgIpc) is 3.26. The fourth-order valence-corrected chi connectivity index (χ4v) is 4.71. The van der Waals surface area contributed by atoms with Crippen molar-refractivity contribution in [3.05, 3.63) is 12.5 Å². The zero-order valence-corrected chi connectivity index (χ0v) is 18.2. The second-order valence-corrected chi connectivity index (χ2v) is 9.26. The van der Waals surface area contributed by atoms with E-state index in [1.54, 1.807) is 22.1 Å². The van der Waals surface area contributed by atoms with Crippen molar-refractivity contribution in [3.63, 3.8) is 0 Å². The first kappa shape index (κ1) is 28.6. The summed E-state index contributed by atoms with van der Waals surface area (Å²) in [5.74, 6) is -5.51. The van der Waals surface area contributed by atoms with Gasteiger partial charge in [0.25, 0.3) is 10.0 Å². The lowest BCUT2D eigenvalue weighted by atomic mass is 9.81. The average molecular weight is 512 g/mol. The molecule has 1 aromatic rings. The molecule has 190 valence electrons. The Morgan fingerprint density at radius 2 is 1.52 bits per heavy atom. The second kappa shape index (κ2) is 10.3. The van der Waals surface area contributed by atoms with Crippen LogP contribution in [0.1, 0.15) is 13.3 Å². The third-order valence-corrected chi connectivity index (χ3v) is 6.44. The van der Waals surface area contributed by atoms with Crippen molar-refractivity contribution in [1.29, 1.82) is 0 Å². The normalized spacial score (nSPS) is 18.5. The lowest BCUT2D eigenvalue weighted by Gasteiger charge is -2.46. The number of aromatic nitrogens is 2. The van der Waals surface area contributed by atoms with Crippen molar-refractivity contribution >= 4 is 22.0 Å². The number of alkyl halides is 6. The Balaban J connectivity index is 0.000000324. The monoisotopic (exact) mass is 512 g/mol. The van der Waals surface area contributed by atoms with Gasteiger partial charge in [-0.3, -0.25) is 0 Å². The number of sulfonamides is 1. The van der Waals surface area contributed by atoms with Crippen LogP contribution in [0.4, 0.5) is 26.3 Å². The number of carbonyl (C=O) groups is 2. The van der Waals surface area contributed by atoms with Gasteiger partial charge in [0.2, 0.25) is 0 Å². The molecule has 0 aromatic carbocycles. The van der Waals surface area contributed by atoms with E-state index in [1.165, 1.54) is 6.33 Å². The Morgan fingerprint density at radius 3 is 1.82 bits per heavy atom. The minimum atomic E-state index is -5.08. The number of aryl methyl sites for hydroxylation is 1. The van der Waals surface area contributed by atoms with Crippen molar-refractivity contribution in [3.8, 4) is 0 Å². The summed E-state index contributed by atoms with van der Waals surface area (Å²) in [4.78, 5) is 24.1. The molecule has 0 radical (unpaired) electrons. The van der Waals surface area contributed by atoms with Crippen LogP contribution in [0.3, 0.4) is 0 Å². The number of nitrogens with zero attached hydrogens (tertiary/aromatic N) is 4. The van der Waals surface area contributed by atoms with E-state index in [0.717, 1.165) is 26.1 Å². The van der Waals surface area contributed by atoms with Crippen molar-refractivity contribution in [2.75, 3.05) is 32.7 Å². The molecule has 10 nitrogen and oxygen atoms in total. The summed E-state index contributed by atoms with van der Waals surface area (Å²) >= 11 is 0. The minimum Gasteiger partial charge on any atom is -0.475 e. The van der Waals surface area contributed by atoms with Gasteiger partial charge < -0.3 is 19.7 Å². The summed E-state index contributed by atoms with van der Waals surface area (Å²) in [5.41, 5.74) is 0.192. The predicted molar refractivity (Wildman–Crippen MR) is 98.5 cm³/mol. The van der Waals surface area contributed by atoms with Crippen LogP contribution in [0.25, 0.3) is 0 Å². The Kier molecular flexibility index (Phi) is 8.89. The second-order valence-electron chi connectivity index (χ2n) is 7.38. The molecular weight excluding hydrogens is 490 g/mol. The predicted octanol–water partition coefficient (Wildman–Crippen LogP) is 1.40. The van der Waals surface area contributed by atoms with E-state index in [1.807, 2.05) is 0 Å². The summed E-state index contributed by atoms with van der Waals surface area (Å²) < 4.78 is 91.4. The van der Waals surface area contributed by atoms with Crippen LogP contribution in [0.5, 0.6) is 0 Å². The topological polar surface area (TPSA) is 133 Å². The van der Waals surface area contributed by atoms with Gasteiger partial charge in [0, 0.05) is 38.3 Å². The summed E-state index contributed by atoms with van der Waals surface area (Å²) in [7, 11) is -1.61. The van der Waals surface area contributed by atoms with Gasteiger partial charge in [0.1, 0.15) is 0 Å². The first-order valence-electron chi connectivity index (χ1n) is 9.15. The zero-order valence-electron chi connectivity index (χ0n) is 17.4. The van der Waals surface area contributed by atoms with E-state index >= 15 is 0 Å². The molecule has 0 amide bonds. The summed E-state index contributed by atoms with van der Waals surface area (Å²) in [5, 5.41) is 14.4. The lowest BCUT2D eigenvalue weighted by molar-refractivity contribution is -0.193. The van der Waals surface area contributed by atoms with E-state index in [9.17, 15) is 34.8 Å². The molecule has 2 fully saturated rings. The smallest absolute Gasteiger partial charge is 0.475 e. The molecule has 33 heavy (non-hydrogen) atoms. The highest BCUT2D eigenvalue weighted by Gasteiger charge is 2.51. The van der Waals surface area contributed by atoms with Crippen LogP contribution in [-0.4, -0.2) is 94.4 Å². The number of hydrogen-bond donors (Lipinski definition) is 2. The number of carboxylic acids is 2. The minimum absolute atomic E-state index is 0.162. The number of carboxylic acid groups (broad SMARTS) is 2. The highest BCUT2D eigenvalue weighted by Crippen LogP contribution is 2.41. The molecule has 1 spiro atoms. The van der Waals surface area contributed by atoms with E-state index in [0.29, 0.717) is 13.1 Å². The highest BCUT2D eigenvalue weighted by molar-refractivity contribution is 7.89. The fraction of sp³-hybridized carbons (Fsp3) is 0.688. The molecule has 3 rings (SSSR count). The third kappa shape index (κ3) is 7.85. The van der Waals surface area contributed by atoms with Gasteiger partial charge in [-0.05, 0) is 19.5 Å². The lowest BCUT2D eigenvalue weighted by Crippen LogP contribution is -2.59. The standard InChI is InChI=1S/C12H20N4O2S.2C2HF3O2/c1-3-15-5-4-12(7-15)8-16(9-12)19(17,18)11-6-14(2)10-13-11;2*3-2(4,5)1(6)7/h6,10H,3-5,7-9H2,1-2H3;2*(H,6,7). The van der Waals surface area contributed by atoms with Crippen molar-refractivity contribution in [1.82, 2.24) is 18.8 Å². The molecule has 2 aliphatic heterocycles. The highest BCUT2D eigenvalue weighted by atomic mass is 32.2. The molecule has 0 saturated carbocycles. The Hall–Kier alpha value is -2.40. The van der Waals surface area contributed by atoms with Gasteiger partial charge in [-0.2, -0.15) is 30.6 Å². The largest absolute Gasteiger partial charge is 0.490 e. The van der Waals surface area contributed by atoms with Crippen molar-refractivity contribution in [2.24, 2.45) is 12.5 Å². The molecule has 17 heteroatoms. The van der Waals surface area contributed by atoms with E-state index in [-0.39, 0.29) is 10.4 Å². The van der Waals surface area contributed by atoms with Gasteiger partial charge in [-0.1, -0.05) is 6.92 Å². The molecule has 0 atom stereocenters. The van der Waals surface area contributed by atoms with Gasteiger partial charge >= 0.3 is 24.3 Å².